The molecule has 0 aliphatic rings. The van der Waals surface area contributed by atoms with Crippen LogP contribution in [0.1, 0.15) is 27.1 Å². The van der Waals surface area contributed by atoms with Crippen molar-refractivity contribution in [1.29, 1.82) is 0 Å². The molecule has 0 heterocycles. The molecule has 0 atom stereocenters. The van der Waals surface area contributed by atoms with E-state index in [2.05, 4.69) is 41.7 Å². The molecule has 0 aliphatic heterocycles. The lowest BCUT2D eigenvalue weighted by Gasteiger charge is -2.10. The van der Waals surface area contributed by atoms with E-state index in [0.717, 1.165) is 30.5 Å². The zero-order valence-electron chi connectivity index (χ0n) is 20.2. The maximum absolute atomic E-state index is 10.4. The standard InChI is InChI=1S/C19H19NO.C8H6O4.H3O4P/c1-2-10-17(11-3-1)20-14-7-15-21-19-13-6-9-16-8-4-5-12-18(16)19;9-7(10)5-2-1-3-6(4-5)8(11)12;1-5(2,3)4/h1-6,8-13,20H,7,14-15H2;1-4H,(H,9,10)(H,11,12);(H3,1,2,3,4). The molecule has 4 aromatic rings. The lowest BCUT2D eigenvalue weighted by Crippen LogP contribution is -2.07. The average Bonchev–Trinajstić information content (AvgIpc) is 2.88. The van der Waals surface area contributed by atoms with Gasteiger partial charge in [-0.05, 0) is 48.2 Å². The lowest BCUT2D eigenvalue weighted by molar-refractivity contribution is 0.0696. The smallest absolute Gasteiger partial charge is 0.466 e. The van der Waals surface area contributed by atoms with Crippen LogP contribution < -0.4 is 10.1 Å². The Balaban J connectivity index is 0.000000252. The Morgan fingerprint density at radius 1 is 0.737 bits per heavy atom. The highest BCUT2D eigenvalue weighted by Gasteiger charge is 2.07. The largest absolute Gasteiger partial charge is 0.493 e. The minimum Gasteiger partial charge on any atom is -0.493 e. The molecule has 0 radical (unpaired) electrons. The summed E-state index contributed by atoms with van der Waals surface area (Å²) in [5.74, 6) is -1.29. The summed E-state index contributed by atoms with van der Waals surface area (Å²) in [7, 11) is -4.64. The number of carboxylic acids is 2. The van der Waals surface area contributed by atoms with Crippen LogP contribution >= 0.6 is 7.82 Å². The van der Waals surface area contributed by atoms with Gasteiger partial charge in [0.1, 0.15) is 5.75 Å². The van der Waals surface area contributed by atoms with Gasteiger partial charge in [-0.2, -0.15) is 0 Å². The second kappa shape index (κ2) is 15.1. The fourth-order valence-corrected chi connectivity index (χ4v) is 3.15. The first-order valence-electron chi connectivity index (χ1n) is 11.3. The number of aromatic carboxylic acids is 2. The maximum Gasteiger partial charge on any atom is 0.466 e. The molecule has 0 fully saturated rings. The van der Waals surface area contributed by atoms with Gasteiger partial charge in [0, 0.05) is 17.6 Å². The van der Waals surface area contributed by atoms with E-state index < -0.39 is 19.8 Å². The third-order valence-corrected chi connectivity index (χ3v) is 4.79. The van der Waals surface area contributed by atoms with Crippen molar-refractivity contribution in [3.05, 3.63) is 108 Å². The monoisotopic (exact) mass is 541 g/mol. The summed E-state index contributed by atoms with van der Waals surface area (Å²) >= 11 is 0. The number of ether oxygens (including phenoxy) is 1. The quantitative estimate of drug-likeness (QED) is 0.133. The van der Waals surface area contributed by atoms with Gasteiger partial charge in [-0.25, -0.2) is 14.2 Å². The van der Waals surface area contributed by atoms with Crippen LogP contribution in [0, 0.1) is 0 Å². The van der Waals surface area contributed by atoms with Crippen LogP contribution in [0.15, 0.2) is 97.1 Å². The fraction of sp³-hybridized carbons (Fsp3) is 0.111. The van der Waals surface area contributed by atoms with E-state index in [0.29, 0.717) is 6.61 Å². The van der Waals surface area contributed by atoms with Gasteiger partial charge in [0.15, 0.2) is 0 Å². The number of nitrogens with one attached hydrogen (secondary N) is 1. The van der Waals surface area contributed by atoms with E-state index >= 15 is 0 Å². The van der Waals surface area contributed by atoms with Gasteiger partial charge in [-0.1, -0.05) is 60.7 Å². The van der Waals surface area contributed by atoms with Gasteiger partial charge in [0.05, 0.1) is 17.7 Å². The van der Waals surface area contributed by atoms with Crippen molar-refractivity contribution in [2.75, 3.05) is 18.5 Å². The Bertz CT molecular complexity index is 1330. The van der Waals surface area contributed by atoms with E-state index in [9.17, 15) is 9.59 Å². The van der Waals surface area contributed by atoms with Crippen molar-refractivity contribution in [1.82, 2.24) is 0 Å². The van der Waals surface area contributed by atoms with Crippen molar-refractivity contribution in [2.24, 2.45) is 0 Å². The molecule has 0 saturated carbocycles. The number of phosphoric acid groups is 1. The molecule has 4 aromatic carbocycles. The number of rotatable bonds is 8. The summed E-state index contributed by atoms with van der Waals surface area (Å²) in [6, 6.07) is 29.9. The number of hydrogen-bond acceptors (Lipinski definition) is 5. The van der Waals surface area contributed by atoms with Crippen molar-refractivity contribution in [2.45, 2.75) is 6.42 Å². The SMILES string of the molecule is O=C(O)c1cccc(C(=O)O)c1.O=P(O)(O)O.c1ccc(NCCCOc2cccc3ccccc23)cc1. The summed E-state index contributed by atoms with van der Waals surface area (Å²) in [5, 5.41) is 22.8. The zero-order chi connectivity index (χ0) is 28.0. The third-order valence-electron chi connectivity index (χ3n) is 4.79. The van der Waals surface area contributed by atoms with Crippen molar-refractivity contribution >= 4 is 36.2 Å². The van der Waals surface area contributed by atoms with Crippen LogP contribution in [0.5, 0.6) is 5.75 Å². The molecule has 0 unspecified atom stereocenters. The number of fused-ring (bicyclic) bond motifs is 1. The Hall–Kier alpha value is -4.21. The maximum atomic E-state index is 10.4. The molecule has 0 bridgehead atoms. The topological polar surface area (TPSA) is 174 Å². The molecule has 11 heteroatoms. The first kappa shape index (κ1) is 30.0. The van der Waals surface area contributed by atoms with Gasteiger partial charge in [-0.3, -0.25) is 0 Å². The summed E-state index contributed by atoms with van der Waals surface area (Å²) < 4.78 is 14.8. The molecule has 0 spiro atoms. The Labute approximate surface area is 219 Å². The minimum absolute atomic E-state index is 0.0186. The predicted molar refractivity (Wildman–Crippen MR) is 144 cm³/mol. The van der Waals surface area contributed by atoms with Crippen LogP contribution in [0.2, 0.25) is 0 Å². The molecule has 0 amide bonds. The van der Waals surface area contributed by atoms with Crippen molar-refractivity contribution < 1.29 is 43.8 Å². The van der Waals surface area contributed by atoms with Crippen LogP contribution in [0.25, 0.3) is 10.8 Å². The number of carbonyl (C=O) groups is 2. The number of benzene rings is 4. The molecule has 0 saturated heterocycles. The Morgan fingerprint density at radius 3 is 1.87 bits per heavy atom. The van der Waals surface area contributed by atoms with E-state index in [4.69, 9.17) is 34.2 Å². The molecule has 4 rings (SSSR count). The highest BCUT2D eigenvalue weighted by atomic mass is 31.2. The highest BCUT2D eigenvalue weighted by Crippen LogP contribution is 2.26. The van der Waals surface area contributed by atoms with Crippen LogP contribution in [0.3, 0.4) is 0 Å². The Kier molecular flexibility index (Phi) is 12.0. The van der Waals surface area contributed by atoms with E-state index in [-0.39, 0.29) is 11.1 Å². The molecule has 10 nitrogen and oxygen atoms in total. The number of carboxylic acid groups (broad SMARTS) is 2. The molecular weight excluding hydrogens is 513 g/mol. The number of anilines is 1. The van der Waals surface area contributed by atoms with E-state index in [1.54, 1.807) is 0 Å². The van der Waals surface area contributed by atoms with Gasteiger partial charge in [0.25, 0.3) is 0 Å². The van der Waals surface area contributed by atoms with Crippen molar-refractivity contribution in [3.8, 4) is 5.75 Å². The molecule has 38 heavy (non-hydrogen) atoms. The van der Waals surface area contributed by atoms with E-state index in [1.807, 2.05) is 36.4 Å². The van der Waals surface area contributed by atoms with Gasteiger partial charge < -0.3 is 34.9 Å². The molecule has 6 N–H and O–H groups in total. The summed E-state index contributed by atoms with van der Waals surface area (Å²) in [6.45, 7) is 1.63. The molecule has 0 aliphatic carbocycles. The minimum atomic E-state index is -4.64. The second-order valence-electron chi connectivity index (χ2n) is 7.68. The highest BCUT2D eigenvalue weighted by molar-refractivity contribution is 7.45. The van der Waals surface area contributed by atoms with Gasteiger partial charge in [-0.15, -0.1) is 0 Å². The van der Waals surface area contributed by atoms with Crippen LogP contribution in [0.4, 0.5) is 5.69 Å². The first-order chi connectivity index (χ1) is 18.0. The Morgan fingerprint density at radius 2 is 1.26 bits per heavy atom. The fourth-order valence-electron chi connectivity index (χ4n) is 3.15. The van der Waals surface area contributed by atoms with Crippen LogP contribution in [-0.2, 0) is 4.57 Å². The summed E-state index contributed by atoms with van der Waals surface area (Å²) in [4.78, 5) is 42.3. The third kappa shape index (κ3) is 11.7. The number of para-hydroxylation sites is 1. The van der Waals surface area contributed by atoms with Crippen molar-refractivity contribution in [3.63, 3.8) is 0 Å². The zero-order valence-corrected chi connectivity index (χ0v) is 21.1. The summed E-state index contributed by atoms with van der Waals surface area (Å²) in [5.41, 5.74) is 1.12. The normalized spacial score (nSPS) is 10.3. The first-order valence-corrected chi connectivity index (χ1v) is 12.9. The van der Waals surface area contributed by atoms with E-state index in [1.165, 1.54) is 29.0 Å². The lowest BCUT2D eigenvalue weighted by atomic mass is 10.1. The van der Waals surface area contributed by atoms with Gasteiger partial charge >= 0.3 is 19.8 Å². The molecule has 200 valence electrons. The average molecular weight is 541 g/mol. The molecule has 0 aromatic heterocycles. The second-order valence-corrected chi connectivity index (χ2v) is 8.70. The van der Waals surface area contributed by atoms with Gasteiger partial charge in [0.2, 0.25) is 0 Å². The molecular formula is C27H28NO9P. The van der Waals surface area contributed by atoms with Crippen LogP contribution in [-0.4, -0.2) is 50.0 Å². The predicted octanol–water partition coefficient (Wildman–Crippen LogP) is 4.88. The summed E-state index contributed by atoms with van der Waals surface area (Å²) in [6.07, 6.45) is 0.970. The number of hydrogen-bond donors (Lipinski definition) is 6.